The molecular weight excluding hydrogens is 473 g/mol. The Hall–Kier alpha value is -2.75. The summed E-state index contributed by atoms with van der Waals surface area (Å²) in [7, 11) is 1.55. The van der Waals surface area contributed by atoms with E-state index in [-0.39, 0.29) is 0 Å². The van der Waals surface area contributed by atoms with Crippen molar-refractivity contribution >= 4 is 46.9 Å². The van der Waals surface area contributed by atoms with Gasteiger partial charge in [-0.3, -0.25) is 14.7 Å². The number of halogens is 2. The highest BCUT2D eigenvalue weighted by molar-refractivity contribution is 8.00. The predicted octanol–water partition coefficient (Wildman–Crippen LogP) is 4.58. The fraction of sp³-hybridized carbons (Fsp3) is 0.238. The highest BCUT2D eigenvalue weighted by Gasteiger charge is 2.24. The van der Waals surface area contributed by atoms with E-state index in [9.17, 15) is 9.59 Å². The molecular formula is C21H21Cl2N5O3S. The number of benzene rings is 2. The highest BCUT2D eigenvalue weighted by Crippen LogP contribution is 2.35. The fourth-order valence-corrected chi connectivity index (χ4v) is 4.06. The SMILES string of the molecule is CCNC(=O)NC(=O)[C@@H](C)Sc1nnc(-c2cccc(Cl)c2)n1-c1cc(Cl)ccc1OC. The maximum atomic E-state index is 12.5. The minimum atomic E-state index is -0.641. The van der Waals surface area contributed by atoms with E-state index in [0.717, 1.165) is 17.3 Å². The second-order valence-corrected chi connectivity index (χ2v) is 8.76. The third kappa shape index (κ3) is 5.53. The lowest BCUT2D eigenvalue weighted by Crippen LogP contribution is -2.42. The van der Waals surface area contributed by atoms with Crippen LogP contribution in [0.1, 0.15) is 13.8 Å². The average Bonchev–Trinajstić information content (AvgIpc) is 3.17. The van der Waals surface area contributed by atoms with Crippen molar-refractivity contribution in [2.24, 2.45) is 0 Å². The van der Waals surface area contributed by atoms with E-state index < -0.39 is 17.2 Å². The van der Waals surface area contributed by atoms with Crippen LogP contribution < -0.4 is 15.4 Å². The van der Waals surface area contributed by atoms with Gasteiger partial charge in [0, 0.05) is 22.2 Å². The maximum Gasteiger partial charge on any atom is 0.321 e. The molecule has 2 N–H and O–H groups in total. The Bertz CT molecular complexity index is 1140. The van der Waals surface area contributed by atoms with Crippen LogP contribution in [0.5, 0.6) is 5.75 Å². The number of hydrogen-bond donors (Lipinski definition) is 2. The number of carbonyl (C=O) groups excluding carboxylic acids is 2. The number of hydrogen-bond acceptors (Lipinski definition) is 6. The minimum absolute atomic E-state index is 0.409. The number of amides is 3. The van der Waals surface area contributed by atoms with Crippen molar-refractivity contribution in [1.29, 1.82) is 0 Å². The van der Waals surface area contributed by atoms with Crippen LogP contribution in [0.2, 0.25) is 10.0 Å². The quantitative estimate of drug-likeness (QED) is 0.467. The molecule has 0 fully saturated rings. The van der Waals surface area contributed by atoms with Gasteiger partial charge < -0.3 is 10.1 Å². The second kappa shape index (κ2) is 10.7. The van der Waals surface area contributed by atoms with Gasteiger partial charge >= 0.3 is 6.03 Å². The minimum Gasteiger partial charge on any atom is -0.495 e. The molecule has 32 heavy (non-hydrogen) atoms. The Morgan fingerprint density at radius 2 is 1.91 bits per heavy atom. The third-order valence-corrected chi connectivity index (χ3v) is 5.84. The van der Waals surface area contributed by atoms with Gasteiger partial charge in [0.25, 0.3) is 0 Å². The number of carbonyl (C=O) groups is 2. The van der Waals surface area contributed by atoms with E-state index in [4.69, 9.17) is 27.9 Å². The van der Waals surface area contributed by atoms with E-state index in [1.807, 2.05) is 6.07 Å². The number of urea groups is 1. The van der Waals surface area contributed by atoms with Crippen LogP contribution in [0, 0.1) is 0 Å². The number of nitrogens with one attached hydrogen (secondary N) is 2. The number of imide groups is 1. The molecule has 0 aliphatic carbocycles. The molecule has 11 heteroatoms. The molecule has 0 aliphatic heterocycles. The van der Waals surface area contributed by atoms with Crippen LogP contribution in [0.3, 0.4) is 0 Å². The van der Waals surface area contributed by atoms with Crippen LogP contribution in [0.25, 0.3) is 17.1 Å². The van der Waals surface area contributed by atoms with E-state index in [0.29, 0.717) is 39.0 Å². The van der Waals surface area contributed by atoms with Crippen molar-refractivity contribution in [1.82, 2.24) is 25.4 Å². The summed E-state index contributed by atoms with van der Waals surface area (Å²) >= 11 is 13.6. The first-order valence-electron chi connectivity index (χ1n) is 9.64. The molecule has 8 nitrogen and oxygen atoms in total. The van der Waals surface area contributed by atoms with Crippen molar-refractivity contribution in [2.75, 3.05) is 13.7 Å². The molecule has 1 aromatic heterocycles. The van der Waals surface area contributed by atoms with E-state index in [2.05, 4.69) is 20.8 Å². The Morgan fingerprint density at radius 3 is 2.59 bits per heavy atom. The van der Waals surface area contributed by atoms with Gasteiger partial charge in [-0.1, -0.05) is 47.1 Å². The standard InChI is InChI=1S/C21H21Cl2N5O3S/c1-4-24-20(30)25-19(29)12(2)32-21-27-26-18(13-6-5-7-14(22)10-13)28(21)16-11-15(23)8-9-17(16)31-3/h5-12H,4H2,1-3H3,(H2,24,25,29,30)/t12-/m1/s1. The normalized spacial score (nSPS) is 11.7. The first kappa shape index (κ1) is 23.9. The van der Waals surface area contributed by atoms with Gasteiger partial charge in [-0.15, -0.1) is 10.2 Å². The van der Waals surface area contributed by atoms with Crippen molar-refractivity contribution in [3.8, 4) is 22.8 Å². The zero-order valence-electron chi connectivity index (χ0n) is 17.6. The smallest absolute Gasteiger partial charge is 0.321 e. The molecule has 1 atom stereocenters. The number of thioether (sulfide) groups is 1. The maximum absolute atomic E-state index is 12.5. The molecule has 1 heterocycles. The molecule has 168 valence electrons. The highest BCUT2D eigenvalue weighted by atomic mass is 35.5. The lowest BCUT2D eigenvalue weighted by atomic mass is 10.2. The molecule has 0 unspecified atom stereocenters. The molecule has 0 saturated heterocycles. The van der Waals surface area contributed by atoms with Crippen LogP contribution in [0.4, 0.5) is 4.79 Å². The number of nitrogens with zero attached hydrogens (tertiary/aromatic N) is 3. The van der Waals surface area contributed by atoms with Gasteiger partial charge in [0.1, 0.15) is 5.75 Å². The van der Waals surface area contributed by atoms with Gasteiger partial charge in [-0.25, -0.2) is 4.79 Å². The third-order valence-electron chi connectivity index (χ3n) is 4.32. The molecule has 0 bridgehead atoms. The molecule has 3 rings (SSSR count). The largest absolute Gasteiger partial charge is 0.495 e. The summed E-state index contributed by atoms with van der Waals surface area (Å²) in [4.78, 5) is 24.2. The Kier molecular flexibility index (Phi) is 8.00. The molecule has 0 spiro atoms. The molecule has 2 aromatic carbocycles. The molecule has 0 radical (unpaired) electrons. The van der Waals surface area contributed by atoms with Crippen molar-refractivity contribution in [3.63, 3.8) is 0 Å². The Morgan fingerprint density at radius 1 is 1.16 bits per heavy atom. The summed E-state index contributed by atoms with van der Waals surface area (Å²) in [6.45, 7) is 3.85. The summed E-state index contributed by atoms with van der Waals surface area (Å²) in [5.41, 5.74) is 1.32. The predicted molar refractivity (Wildman–Crippen MR) is 126 cm³/mol. The van der Waals surface area contributed by atoms with Gasteiger partial charge in [0.15, 0.2) is 11.0 Å². The van der Waals surface area contributed by atoms with Crippen molar-refractivity contribution in [3.05, 3.63) is 52.5 Å². The van der Waals surface area contributed by atoms with E-state index >= 15 is 0 Å². The average molecular weight is 494 g/mol. The topological polar surface area (TPSA) is 98.1 Å². The van der Waals surface area contributed by atoms with Crippen LogP contribution in [0.15, 0.2) is 47.6 Å². The van der Waals surface area contributed by atoms with Crippen molar-refractivity contribution in [2.45, 2.75) is 24.3 Å². The molecule has 0 saturated carbocycles. The van der Waals surface area contributed by atoms with E-state index in [1.54, 1.807) is 61.9 Å². The second-order valence-electron chi connectivity index (χ2n) is 6.58. The van der Waals surface area contributed by atoms with E-state index in [1.165, 1.54) is 0 Å². The number of aromatic nitrogens is 3. The van der Waals surface area contributed by atoms with Gasteiger partial charge in [-0.2, -0.15) is 0 Å². The molecule has 3 amide bonds. The first-order valence-corrected chi connectivity index (χ1v) is 11.3. The summed E-state index contributed by atoms with van der Waals surface area (Å²) < 4.78 is 7.27. The summed E-state index contributed by atoms with van der Waals surface area (Å²) in [5.74, 6) is 0.573. The number of methoxy groups -OCH3 is 1. The summed E-state index contributed by atoms with van der Waals surface area (Å²) in [6, 6.07) is 11.8. The number of ether oxygens (including phenoxy) is 1. The molecule has 3 aromatic rings. The zero-order valence-corrected chi connectivity index (χ0v) is 19.9. The lowest BCUT2D eigenvalue weighted by molar-refractivity contribution is -0.119. The molecule has 0 aliphatic rings. The van der Waals surface area contributed by atoms with Gasteiger partial charge in [0.2, 0.25) is 5.91 Å². The van der Waals surface area contributed by atoms with Gasteiger partial charge in [-0.05, 0) is 44.2 Å². The van der Waals surface area contributed by atoms with Gasteiger partial charge in [0.05, 0.1) is 18.0 Å². The van der Waals surface area contributed by atoms with Crippen LogP contribution >= 0.6 is 35.0 Å². The monoisotopic (exact) mass is 493 g/mol. The van der Waals surface area contributed by atoms with Crippen LogP contribution in [-0.2, 0) is 4.79 Å². The summed E-state index contributed by atoms with van der Waals surface area (Å²) in [5, 5.41) is 14.3. The Labute approximate surface area is 199 Å². The fourth-order valence-electron chi connectivity index (χ4n) is 2.85. The van der Waals surface area contributed by atoms with Crippen molar-refractivity contribution < 1.29 is 14.3 Å². The van der Waals surface area contributed by atoms with Crippen LogP contribution in [-0.4, -0.2) is 45.6 Å². The first-order chi connectivity index (χ1) is 15.3. The number of rotatable bonds is 7. The lowest BCUT2D eigenvalue weighted by Gasteiger charge is -2.16. The summed E-state index contributed by atoms with van der Waals surface area (Å²) in [6.07, 6.45) is 0. The zero-order chi connectivity index (χ0) is 23.3. The Balaban J connectivity index is 2.05.